The summed E-state index contributed by atoms with van der Waals surface area (Å²) in [5.41, 5.74) is 0.333. The molecule has 6 nitrogen and oxygen atoms in total. The molecule has 0 saturated carbocycles. The van der Waals surface area contributed by atoms with Gasteiger partial charge in [0.15, 0.2) is 0 Å². The lowest BCUT2D eigenvalue weighted by molar-refractivity contribution is 0.0909. The van der Waals surface area contributed by atoms with Crippen molar-refractivity contribution < 1.29 is 14.3 Å². The van der Waals surface area contributed by atoms with Crippen LogP contribution in [0.25, 0.3) is 5.82 Å². The number of pyridine rings is 1. The summed E-state index contributed by atoms with van der Waals surface area (Å²) in [4.78, 5) is 20.4. The Labute approximate surface area is 137 Å². The summed E-state index contributed by atoms with van der Waals surface area (Å²) in [5.74, 6) is -0.415. The first-order chi connectivity index (χ1) is 11.6. The van der Waals surface area contributed by atoms with Crippen molar-refractivity contribution in [2.24, 2.45) is 0 Å². The molecule has 1 aromatic carbocycles. The molecular formula is C17H15FN4O2. The number of nitrogens with one attached hydrogen (secondary N) is 1. The van der Waals surface area contributed by atoms with Crippen LogP contribution in [0.1, 0.15) is 22.2 Å². The van der Waals surface area contributed by atoms with E-state index in [-0.39, 0.29) is 17.8 Å². The highest BCUT2D eigenvalue weighted by molar-refractivity contribution is 5.92. The van der Waals surface area contributed by atoms with Crippen LogP contribution in [-0.4, -0.2) is 32.1 Å². The third-order valence-electron chi connectivity index (χ3n) is 3.46. The number of benzene rings is 1. The van der Waals surface area contributed by atoms with Crippen LogP contribution in [0.5, 0.6) is 0 Å². The normalized spacial score (nSPS) is 11.9. The number of aliphatic hydroxyl groups excluding tert-OH is 1. The number of carbonyl (C=O) groups is 1. The number of hydrogen-bond donors (Lipinski definition) is 2. The second kappa shape index (κ2) is 7.01. The van der Waals surface area contributed by atoms with E-state index >= 15 is 0 Å². The molecule has 2 aromatic heterocycles. The highest BCUT2D eigenvalue weighted by atomic mass is 19.1. The van der Waals surface area contributed by atoms with E-state index < -0.39 is 17.8 Å². The molecule has 3 aromatic rings. The highest BCUT2D eigenvalue weighted by Gasteiger charge is 2.15. The van der Waals surface area contributed by atoms with Gasteiger partial charge in [0.1, 0.15) is 23.7 Å². The Kier molecular flexibility index (Phi) is 4.62. The molecule has 0 aliphatic rings. The van der Waals surface area contributed by atoms with Gasteiger partial charge in [-0.05, 0) is 18.2 Å². The molecule has 0 saturated heterocycles. The molecule has 0 radical (unpaired) electrons. The Hall–Kier alpha value is -3.06. The Morgan fingerprint density at radius 2 is 2.08 bits per heavy atom. The molecule has 1 amide bonds. The van der Waals surface area contributed by atoms with Crippen molar-refractivity contribution in [1.82, 2.24) is 19.9 Å². The molecule has 24 heavy (non-hydrogen) atoms. The summed E-state index contributed by atoms with van der Waals surface area (Å²) in [6.07, 6.45) is 3.77. The molecule has 122 valence electrons. The smallest absolute Gasteiger partial charge is 0.270 e. The predicted molar refractivity (Wildman–Crippen MR) is 85.1 cm³/mol. The zero-order chi connectivity index (χ0) is 16.9. The van der Waals surface area contributed by atoms with Gasteiger partial charge in [-0.3, -0.25) is 9.36 Å². The zero-order valence-electron chi connectivity index (χ0n) is 12.6. The molecule has 2 N–H and O–H groups in total. The van der Waals surface area contributed by atoms with Crippen molar-refractivity contribution in [1.29, 1.82) is 0 Å². The van der Waals surface area contributed by atoms with Crippen LogP contribution in [0.3, 0.4) is 0 Å². The van der Waals surface area contributed by atoms with Gasteiger partial charge in [0.05, 0.1) is 6.10 Å². The number of carbonyl (C=O) groups excluding carboxylic acids is 1. The average molecular weight is 326 g/mol. The van der Waals surface area contributed by atoms with Gasteiger partial charge in [-0.1, -0.05) is 24.3 Å². The first-order valence-electron chi connectivity index (χ1n) is 7.31. The monoisotopic (exact) mass is 326 g/mol. The quantitative estimate of drug-likeness (QED) is 0.750. The molecule has 0 aliphatic heterocycles. The van der Waals surface area contributed by atoms with E-state index in [1.165, 1.54) is 18.2 Å². The number of imidazole rings is 1. The van der Waals surface area contributed by atoms with Gasteiger partial charge in [-0.2, -0.15) is 0 Å². The van der Waals surface area contributed by atoms with E-state index in [0.29, 0.717) is 5.82 Å². The second-order valence-corrected chi connectivity index (χ2v) is 5.10. The number of rotatable bonds is 5. The minimum atomic E-state index is -1.13. The van der Waals surface area contributed by atoms with Crippen LogP contribution in [0.15, 0.2) is 61.2 Å². The largest absolute Gasteiger partial charge is 0.386 e. The van der Waals surface area contributed by atoms with Gasteiger partial charge >= 0.3 is 0 Å². The van der Waals surface area contributed by atoms with Crippen molar-refractivity contribution in [2.75, 3.05) is 6.54 Å². The molecule has 0 bridgehead atoms. The number of hydrogen-bond acceptors (Lipinski definition) is 4. The molecule has 0 aliphatic carbocycles. The Morgan fingerprint density at radius 3 is 2.83 bits per heavy atom. The summed E-state index contributed by atoms with van der Waals surface area (Å²) in [7, 11) is 0. The van der Waals surface area contributed by atoms with E-state index in [0.717, 1.165) is 0 Å². The number of nitrogens with zero attached hydrogens (tertiary/aromatic N) is 3. The van der Waals surface area contributed by atoms with E-state index in [2.05, 4.69) is 15.3 Å². The first-order valence-corrected chi connectivity index (χ1v) is 7.31. The summed E-state index contributed by atoms with van der Waals surface area (Å²) in [5, 5.41) is 12.6. The van der Waals surface area contributed by atoms with Crippen LogP contribution in [0.4, 0.5) is 4.39 Å². The molecule has 0 fully saturated rings. The van der Waals surface area contributed by atoms with Crippen molar-refractivity contribution in [3.05, 3.63) is 78.3 Å². The van der Waals surface area contributed by atoms with Crippen LogP contribution in [-0.2, 0) is 0 Å². The molecule has 0 spiro atoms. The molecule has 3 rings (SSSR count). The first kappa shape index (κ1) is 15.8. The summed E-state index contributed by atoms with van der Waals surface area (Å²) < 4.78 is 15.3. The summed E-state index contributed by atoms with van der Waals surface area (Å²) >= 11 is 0. The fourth-order valence-electron chi connectivity index (χ4n) is 2.22. The molecule has 1 atom stereocenters. The van der Waals surface area contributed by atoms with E-state index in [4.69, 9.17) is 0 Å². The Balaban J connectivity index is 1.67. The fraction of sp³-hybridized carbons (Fsp3) is 0.118. The minimum absolute atomic E-state index is 0.114. The lowest BCUT2D eigenvalue weighted by Gasteiger charge is -2.13. The number of halogens is 1. The third kappa shape index (κ3) is 3.47. The van der Waals surface area contributed by atoms with E-state index in [1.54, 1.807) is 47.6 Å². The van der Waals surface area contributed by atoms with Crippen LogP contribution in [0, 0.1) is 5.82 Å². The minimum Gasteiger partial charge on any atom is -0.386 e. The predicted octanol–water partition coefficient (Wildman–Crippen LogP) is 1.87. The maximum Gasteiger partial charge on any atom is 0.270 e. The SMILES string of the molecule is O=C(NCC(O)c1ccccc1F)c1cccc(-n2ccnc2)n1. The second-order valence-electron chi connectivity index (χ2n) is 5.10. The Morgan fingerprint density at radius 1 is 1.25 bits per heavy atom. The van der Waals surface area contributed by atoms with Gasteiger partial charge in [0.25, 0.3) is 5.91 Å². The molecule has 1 unspecified atom stereocenters. The number of aliphatic hydroxyl groups is 1. The zero-order valence-corrected chi connectivity index (χ0v) is 12.6. The van der Waals surface area contributed by atoms with Gasteiger partial charge in [0, 0.05) is 24.5 Å². The lowest BCUT2D eigenvalue weighted by Crippen LogP contribution is -2.29. The van der Waals surface area contributed by atoms with Gasteiger partial charge in [-0.15, -0.1) is 0 Å². The third-order valence-corrected chi connectivity index (χ3v) is 3.46. The van der Waals surface area contributed by atoms with Crippen LogP contribution in [0.2, 0.25) is 0 Å². The molecule has 2 heterocycles. The van der Waals surface area contributed by atoms with Crippen molar-refractivity contribution in [2.45, 2.75) is 6.10 Å². The van der Waals surface area contributed by atoms with E-state index in [9.17, 15) is 14.3 Å². The maximum absolute atomic E-state index is 13.6. The van der Waals surface area contributed by atoms with Crippen LogP contribution < -0.4 is 5.32 Å². The molecular weight excluding hydrogens is 311 g/mol. The Bertz CT molecular complexity index is 836. The summed E-state index contributed by atoms with van der Waals surface area (Å²) in [6.45, 7) is -0.114. The lowest BCUT2D eigenvalue weighted by atomic mass is 10.1. The topological polar surface area (TPSA) is 80.0 Å². The van der Waals surface area contributed by atoms with Crippen molar-refractivity contribution in [3.8, 4) is 5.82 Å². The van der Waals surface area contributed by atoms with Crippen LogP contribution >= 0.6 is 0 Å². The summed E-state index contributed by atoms with van der Waals surface area (Å²) in [6, 6.07) is 10.9. The maximum atomic E-state index is 13.6. The van der Waals surface area contributed by atoms with Crippen molar-refractivity contribution >= 4 is 5.91 Å². The standard InChI is InChI=1S/C17H15FN4O2/c18-13-5-2-1-4-12(13)15(23)10-20-17(24)14-6-3-7-16(21-14)22-9-8-19-11-22/h1-9,11,15,23H,10H2,(H,20,24). The van der Waals surface area contributed by atoms with Gasteiger partial charge in [-0.25, -0.2) is 14.4 Å². The van der Waals surface area contributed by atoms with Crippen molar-refractivity contribution in [3.63, 3.8) is 0 Å². The van der Waals surface area contributed by atoms with E-state index in [1.807, 2.05) is 0 Å². The number of amides is 1. The number of aromatic nitrogens is 3. The van der Waals surface area contributed by atoms with Gasteiger partial charge in [0.2, 0.25) is 0 Å². The molecule has 7 heteroatoms. The highest BCUT2D eigenvalue weighted by Crippen LogP contribution is 2.15. The fourth-order valence-corrected chi connectivity index (χ4v) is 2.22. The average Bonchev–Trinajstić information content (AvgIpc) is 3.14. The van der Waals surface area contributed by atoms with Gasteiger partial charge < -0.3 is 10.4 Å².